The molecule has 1 aliphatic rings. The van der Waals surface area contributed by atoms with Gasteiger partial charge in [0, 0.05) is 30.2 Å². The highest BCUT2D eigenvalue weighted by molar-refractivity contribution is 6.44. The van der Waals surface area contributed by atoms with Crippen molar-refractivity contribution in [3.63, 3.8) is 0 Å². The summed E-state index contributed by atoms with van der Waals surface area (Å²) in [5.74, 6) is 0.895. The molecule has 3 heterocycles. The largest absolute Gasteiger partial charge is 0.489 e. The van der Waals surface area contributed by atoms with E-state index in [0.29, 0.717) is 28.3 Å². The van der Waals surface area contributed by atoms with Crippen LogP contribution >= 0.6 is 23.2 Å². The predicted molar refractivity (Wildman–Crippen MR) is 128 cm³/mol. The Morgan fingerprint density at radius 3 is 2.75 bits per heavy atom. The maximum atomic E-state index is 10.6. The second-order valence-electron chi connectivity index (χ2n) is 8.26. The first-order valence-electron chi connectivity index (χ1n) is 10.8. The molecule has 1 atom stereocenters. The van der Waals surface area contributed by atoms with Gasteiger partial charge in [0.05, 0.1) is 27.3 Å². The summed E-state index contributed by atoms with van der Waals surface area (Å²) >= 11 is 12.5. The number of β-amino-alcohol motifs (C(OH)–C–C–N with tert-alkyl or cyclic N) is 1. The summed E-state index contributed by atoms with van der Waals surface area (Å²) in [6.07, 6.45) is 5.07. The number of fused-ring (bicyclic) bond motifs is 2. The van der Waals surface area contributed by atoms with Crippen molar-refractivity contribution >= 4 is 45.1 Å². The Hall–Kier alpha value is -2.38. The number of ether oxygens (including phenoxy) is 1. The van der Waals surface area contributed by atoms with Crippen molar-refractivity contribution in [3.8, 4) is 5.75 Å². The van der Waals surface area contributed by atoms with Gasteiger partial charge in [0.25, 0.3) is 0 Å². The van der Waals surface area contributed by atoms with Gasteiger partial charge in [-0.1, -0.05) is 35.3 Å². The molecule has 1 aliphatic heterocycles. The third-order valence-corrected chi connectivity index (χ3v) is 6.84. The Bertz CT molecular complexity index is 1240. The van der Waals surface area contributed by atoms with E-state index in [2.05, 4.69) is 14.9 Å². The van der Waals surface area contributed by atoms with Crippen LogP contribution < -0.4 is 4.74 Å². The van der Waals surface area contributed by atoms with Crippen molar-refractivity contribution in [2.75, 3.05) is 26.2 Å². The highest BCUT2D eigenvalue weighted by Gasteiger charge is 2.24. The number of hydrogen-bond donors (Lipinski definition) is 2. The molecular formula is C24H24Cl2N4O2. The first-order chi connectivity index (χ1) is 15.6. The van der Waals surface area contributed by atoms with Crippen molar-refractivity contribution in [2.24, 2.45) is 0 Å². The molecule has 0 amide bonds. The van der Waals surface area contributed by atoms with Crippen LogP contribution in [-0.2, 0) is 0 Å². The van der Waals surface area contributed by atoms with Crippen LogP contribution in [0.25, 0.3) is 21.9 Å². The van der Waals surface area contributed by atoms with E-state index >= 15 is 0 Å². The Labute approximate surface area is 196 Å². The van der Waals surface area contributed by atoms with E-state index in [9.17, 15) is 5.11 Å². The average molecular weight is 471 g/mol. The number of piperidine rings is 1. The molecule has 1 unspecified atom stereocenters. The van der Waals surface area contributed by atoms with Gasteiger partial charge >= 0.3 is 0 Å². The first kappa shape index (κ1) is 21.5. The fourth-order valence-corrected chi connectivity index (χ4v) is 4.77. The summed E-state index contributed by atoms with van der Waals surface area (Å²) in [5, 5.41) is 12.2. The SMILES string of the molecule is OC(COc1c(Cl)c(Cl)cc2[nH]ccc12)CN1CCC(c2cnc3ccccc3n2)CC1. The summed E-state index contributed by atoms with van der Waals surface area (Å²) < 4.78 is 5.89. The molecule has 166 valence electrons. The molecule has 0 radical (unpaired) electrons. The lowest BCUT2D eigenvalue weighted by molar-refractivity contribution is 0.0598. The highest BCUT2D eigenvalue weighted by Crippen LogP contribution is 2.39. The number of aliphatic hydroxyl groups is 1. The number of hydrogen-bond acceptors (Lipinski definition) is 5. The zero-order valence-electron chi connectivity index (χ0n) is 17.5. The van der Waals surface area contributed by atoms with Gasteiger partial charge in [-0.15, -0.1) is 0 Å². The number of para-hydroxylation sites is 2. The van der Waals surface area contributed by atoms with Crippen LogP contribution in [0.4, 0.5) is 0 Å². The molecule has 0 bridgehead atoms. The van der Waals surface area contributed by atoms with Gasteiger partial charge in [-0.2, -0.15) is 0 Å². The molecule has 0 spiro atoms. The van der Waals surface area contributed by atoms with Crippen molar-refractivity contribution in [2.45, 2.75) is 24.9 Å². The standard InChI is InChI=1S/C24H24Cl2N4O2/c25-18-11-21-17(5-8-27-21)24(23(18)26)32-14-16(31)13-30-9-6-15(7-10-30)22-12-28-19-3-1-2-4-20(19)29-22/h1-5,8,11-12,15-16,27,31H,6-7,9-10,13-14H2. The van der Waals surface area contributed by atoms with Crippen LogP contribution in [0.15, 0.2) is 48.8 Å². The quantitative estimate of drug-likeness (QED) is 0.412. The van der Waals surface area contributed by atoms with Crippen molar-refractivity contribution in [3.05, 3.63) is 64.5 Å². The van der Waals surface area contributed by atoms with Gasteiger partial charge in [-0.25, -0.2) is 4.98 Å². The minimum absolute atomic E-state index is 0.149. The van der Waals surface area contributed by atoms with Gasteiger partial charge in [0.1, 0.15) is 23.5 Å². The van der Waals surface area contributed by atoms with Crippen LogP contribution in [-0.4, -0.2) is 57.3 Å². The van der Waals surface area contributed by atoms with Gasteiger partial charge in [0.2, 0.25) is 0 Å². The number of aromatic amines is 1. The molecule has 2 aromatic heterocycles. The summed E-state index contributed by atoms with van der Waals surface area (Å²) in [5.41, 5.74) is 3.77. The monoisotopic (exact) mass is 470 g/mol. The van der Waals surface area contributed by atoms with Crippen molar-refractivity contribution < 1.29 is 9.84 Å². The molecule has 8 heteroatoms. The molecule has 32 heavy (non-hydrogen) atoms. The molecule has 0 aliphatic carbocycles. The molecule has 1 fully saturated rings. The third-order valence-electron chi connectivity index (χ3n) is 6.07. The van der Waals surface area contributed by atoms with E-state index in [1.807, 2.05) is 42.7 Å². The topological polar surface area (TPSA) is 74.3 Å². The van der Waals surface area contributed by atoms with E-state index in [1.54, 1.807) is 6.07 Å². The van der Waals surface area contributed by atoms with E-state index in [-0.39, 0.29) is 6.61 Å². The molecule has 2 aromatic carbocycles. The van der Waals surface area contributed by atoms with Gasteiger partial charge < -0.3 is 19.7 Å². The zero-order valence-corrected chi connectivity index (χ0v) is 19.0. The van der Waals surface area contributed by atoms with Crippen LogP contribution in [0.1, 0.15) is 24.5 Å². The average Bonchev–Trinajstić information content (AvgIpc) is 3.27. The minimum Gasteiger partial charge on any atom is -0.489 e. The lowest BCUT2D eigenvalue weighted by Crippen LogP contribution is -2.40. The van der Waals surface area contributed by atoms with Crippen LogP contribution in [0.2, 0.25) is 10.0 Å². The molecule has 0 saturated carbocycles. The van der Waals surface area contributed by atoms with Crippen LogP contribution in [0.3, 0.4) is 0 Å². The maximum Gasteiger partial charge on any atom is 0.148 e. The van der Waals surface area contributed by atoms with Gasteiger partial charge in [-0.3, -0.25) is 4.98 Å². The number of benzene rings is 2. The van der Waals surface area contributed by atoms with Crippen molar-refractivity contribution in [1.29, 1.82) is 0 Å². The lowest BCUT2D eigenvalue weighted by atomic mass is 9.93. The van der Waals surface area contributed by atoms with E-state index in [4.69, 9.17) is 32.9 Å². The first-order valence-corrected chi connectivity index (χ1v) is 11.5. The van der Waals surface area contributed by atoms with E-state index < -0.39 is 6.10 Å². The molecular weight excluding hydrogens is 447 g/mol. The molecule has 2 N–H and O–H groups in total. The van der Waals surface area contributed by atoms with Crippen LogP contribution in [0, 0.1) is 0 Å². The Balaban J connectivity index is 1.16. The van der Waals surface area contributed by atoms with Crippen LogP contribution in [0.5, 0.6) is 5.75 Å². The molecule has 6 nitrogen and oxygen atoms in total. The third kappa shape index (κ3) is 4.41. The smallest absolute Gasteiger partial charge is 0.148 e. The Morgan fingerprint density at radius 1 is 1.16 bits per heavy atom. The van der Waals surface area contributed by atoms with Gasteiger partial charge in [-0.05, 0) is 50.2 Å². The minimum atomic E-state index is -0.629. The summed E-state index contributed by atoms with van der Waals surface area (Å²) in [7, 11) is 0. The maximum absolute atomic E-state index is 10.6. The second-order valence-corrected chi connectivity index (χ2v) is 9.05. The number of rotatable bonds is 6. The molecule has 1 saturated heterocycles. The number of nitrogens with one attached hydrogen (secondary N) is 1. The number of aromatic nitrogens is 3. The van der Waals surface area contributed by atoms with Gasteiger partial charge in [0.15, 0.2) is 0 Å². The fraction of sp³-hybridized carbons (Fsp3) is 0.333. The molecule has 4 aromatic rings. The second kappa shape index (κ2) is 9.24. The fourth-order valence-electron chi connectivity index (χ4n) is 4.37. The van der Waals surface area contributed by atoms with E-state index in [0.717, 1.165) is 53.6 Å². The van der Waals surface area contributed by atoms with Crippen molar-refractivity contribution in [1.82, 2.24) is 19.9 Å². The number of aliphatic hydroxyl groups excluding tert-OH is 1. The number of likely N-dealkylation sites (tertiary alicyclic amines) is 1. The summed E-state index contributed by atoms with van der Waals surface area (Å²) in [6, 6.07) is 11.6. The normalized spacial score (nSPS) is 16.6. The number of nitrogens with zero attached hydrogens (tertiary/aromatic N) is 3. The van der Waals surface area contributed by atoms with E-state index in [1.165, 1.54) is 0 Å². The summed E-state index contributed by atoms with van der Waals surface area (Å²) in [4.78, 5) is 14.7. The predicted octanol–water partition coefficient (Wildman–Crippen LogP) is 5.04. The molecule has 5 rings (SSSR count). The number of H-pyrrole nitrogens is 1. The highest BCUT2D eigenvalue weighted by atomic mass is 35.5. The lowest BCUT2D eigenvalue weighted by Gasteiger charge is -2.32. The zero-order chi connectivity index (χ0) is 22.1. The Morgan fingerprint density at radius 2 is 1.94 bits per heavy atom. The Kier molecular flexibility index (Phi) is 6.20. The number of halogens is 2. The summed E-state index contributed by atoms with van der Waals surface area (Å²) in [6.45, 7) is 2.49.